The van der Waals surface area contributed by atoms with Gasteiger partial charge in [0.05, 0.1) is 0 Å². The first-order valence-electron chi connectivity index (χ1n) is 7.39. The molecule has 0 fully saturated rings. The number of nitrogens with zero attached hydrogens (tertiary/aromatic N) is 1. The molecule has 6 heteroatoms. The van der Waals surface area contributed by atoms with E-state index in [2.05, 4.69) is 15.6 Å². The van der Waals surface area contributed by atoms with Gasteiger partial charge in [-0.25, -0.2) is 4.39 Å². The first-order valence-corrected chi connectivity index (χ1v) is 7.39. The number of aryl methyl sites for hydroxylation is 1. The summed E-state index contributed by atoms with van der Waals surface area (Å²) in [7, 11) is 0. The average Bonchev–Trinajstić information content (AvgIpc) is 2.83. The third-order valence-corrected chi connectivity index (χ3v) is 3.90. The van der Waals surface area contributed by atoms with Crippen LogP contribution >= 0.6 is 0 Å². The van der Waals surface area contributed by atoms with Crippen molar-refractivity contribution in [3.63, 3.8) is 0 Å². The highest BCUT2D eigenvalue weighted by Gasteiger charge is 2.13. The molecule has 5 nitrogen and oxygen atoms in total. The van der Waals surface area contributed by atoms with Gasteiger partial charge in [0.1, 0.15) is 11.3 Å². The van der Waals surface area contributed by atoms with Gasteiger partial charge in [0, 0.05) is 24.7 Å². The minimum Gasteiger partial charge on any atom is -0.423 e. The van der Waals surface area contributed by atoms with Crippen LogP contribution in [0.25, 0.3) is 11.1 Å². The van der Waals surface area contributed by atoms with Crippen molar-refractivity contribution in [1.82, 2.24) is 10.3 Å². The van der Waals surface area contributed by atoms with Gasteiger partial charge in [-0.1, -0.05) is 6.07 Å². The molecule has 2 aromatic carbocycles. The SMILES string of the molecule is O=C1CCc2ccc(Nc3nc4cc(F)ccc4o3)cc2CN1. The molecule has 0 spiro atoms. The number of hydrogen-bond acceptors (Lipinski definition) is 4. The van der Waals surface area contributed by atoms with Gasteiger partial charge in [-0.2, -0.15) is 4.98 Å². The Morgan fingerprint density at radius 3 is 2.96 bits per heavy atom. The molecule has 0 saturated carbocycles. The topological polar surface area (TPSA) is 67.2 Å². The second kappa shape index (κ2) is 5.39. The molecule has 1 amide bonds. The molecule has 0 saturated heterocycles. The highest BCUT2D eigenvalue weighted by atomic mass is 19.1. The first-order chi connectivity index (χ1) is 11.2. The van der Waals surface area contributed by atoms with E-state index in [-0.39, 0.29) is 11.7 Å². The molecular weight excluding hydrogens is 297 g/mol. The van der Waals surface area contributed by atoms with Crippen LogP contribution in [0.1, 0.15) is 17.5 Å². The fraction of sp³-hybridized carbons (Fsp3) is 0.176. The van der Waals surface area contributed by atoms with Crippen LogP contribution in [0.3, 0.4) is 0 Å². The van der Waals surface area contributed by atoms with E-state index in [0.717, 1.165) is 23.2 Å². The predicted molar refractivity (Wildman–Crippen MR) is 83.9 cm³/mol. The number of rotatable bonds is 2. The Morgan fingerprint density at radius 1 is 1.13 bits per heavy atom. The quantitative estimate of drug-likeness (QED) is 0.762. The fourth-order valence-corrected chi connectivity index (χ4v) is 2.72. The molecule has 0 aliphatic carbocycles. The van der Waals surface area contributed by atoms with Gasteiger partial charge in [0.2, 0.25) is 5.91 Å². The van der Waals surface area contributed by atoms with Crippen LogP contribution in [0.15, 0.2) is 40.8 Å². The molecule has 23 heavy (non-hydrogen) atoms. The fourth-order valence-electron chi connectivity index (χ4n) is 2.72. The van der Waals surface area contributed by atoms with Crippen molar-refractivity contribution in [3.05, 3.63) is 53.3 Å². The molecule has 0 unspecified atom stereocenters. The maximum Gasteiger partial charge on any atom is 0.300 e. The number of hydrogen-bond donors (Lipinski definition) is 2. The maximum atomic E-state index is 13.2. The molecule has 1 aliphatic heterocycles. The Bertz CT molecular complexity index is 904. The zero-order valence-electron chi connectivity index (χ0n) is 12.2. The zero-order valence-corrected chi connectivity index (χ0v) is 12.2. The lowest BCUT2D eigenvalue weighted by Crippen LogP contribution is -2.20. The van der Waals surface area contributed by atoms with E-state index < -0.39 is 0 Å². The van der Waals surface area contributed by atoms with Gasteiger partial charge in [-0.15, -0.1) is 0 Å². The molecule has 1 aliphatic rings. The van der Waals surface area contributed by atoms with Gasteiger partial charge in [-0.05, 0) is 41.8 Å². The predicted octanol–water partition coefficient (Wildman–Crippen LogP) is 3.27. The third-order valence-electron chi connectivity index (χ3n) is 3.90. The molecule has 1 aromatic heterocycles. The third kappa shape index (κ3) is 2.75. The van der Waals surface area contributed by atoms with Crippen LogP contribution in [-0.4, -0.2) is 10.9 Å². The van der Waals surface area contributed by atoms with Crippen LogP contribution < -0.4 is 10.6 Å². The molecule has 0 radical (unpaired) electrons. The summed E-state index contributed by atoms with van der Waals surface area (Å²) in [4.78, 5) is 15.7. The summed E-state index contributed by atoms with van der Waals surface area (Å²) in [5.74, 6) is -0.283. The van der Waals surface area contributed by atoms with Crippen LogP contribution in [0.5, 0.6) is 0 Å². The lowest BCUT2D eigenvalue weighted by Gasteiger charge is -2.08. The Morgan fingerprint density at radius 2 is 2.04 bits per heavy atom. The maximum absolute atomic E-state index is 13.2. The Hall–Kier alpha value is -2.89. The number of anilines is 2. The zero-order chi connectivity index (χ0) is 15.8. The molecule has 0 bridgehead atoms. The summed E-state index contributed by atoms with van der Waals surface area (Å²) in [5, 5.41) is 5.95. The smallest absolute Gasteiger partial charge is 0.300 e. The summed E-state index contributed by atoms with van der Waals surface area (Å²) in [5.41, 5.74) is 4.04. The molecule has 0 atom stereocenters. The summed E-state index contributed by atoms with van der Waals surface area (Å²) in [6.45, 7) is 0.516. The van der Waals surface area contributed by atoms with Crippen molar-refractivity contribution < 1.29 is 13.6 Å². The number of nitrogens with one attached hydrogen (secondary N) is 2. The van der Waals surface area contributed by atoms with E-state index in [9.17, 15) is 9.18 Å². The van der Waals surface area contributed by atoms with Gasteiger partial charge < -0.3 is 15.1 Å². The van der Waals surface area contributed by atoms with Crippen molar-refractivity contribution in [3.8, 4) is 0 Å². The van der Waals surface area contributed by atoms with Gasteiger partial charge in [-0.3, -0.25) is 4.79 Å². The Balaban J connectivity index is 1.62. The molecule has 116 valence electrons. The van der Waals surface area contributed by atoms with Crippen molar-refractivity contribution in [2.24, 2.45) is 0 Å². The van der Waals surface area contributed by atoms with E-state index in [4.69, 9.17) is 4.42 Å². The highest BCUT2D eigenvalue weighted by Crippen LogP contribution is 2.25. The monoisotopic (exact) mass is 311 g/mol. The second-order valence-electron chi connectivity index (χ2n) is 5.52. The summed E-state index contributed by atoms with van der Waals surface area (Å²) in [6.07, 6.45) is 1.25. The number of fused-ring (bicyclic) bond motifs is 2. The van der Waals surface area contributed by atoms with E-state index in [1.165, 1.54) is 12.1 Å². The van der Waals surface area contributed by atoms with Crippen LogP contribution in [0.4, 0.5) is 16.1 Å². The van der Waals surface area contributed by atoms with Gasteiger partial charge in [0.25, 0.3) is 6.01 Å². The number of amides is 1. The number of halogens is 1. The molecular formula is C17H14FN3O2. The number of oxazole rings is 1. The molecule has 4 rings (SSSR count). The van der Waals surface area contributed by atoms with Crippen molar-refractivity contribution in [2.45, 2.75) is 19.4 Å². The lowest BCUT2D eigenvalue weighted by molar-refractivity contribution is -0.121. The second-order valence-corrected chi connectivity index (χ2v) is 5.52. The molecule has 2 heterocycles. The van der Waals surface area contributed by atoms with E-state index in [0.29, 0.717) is 30.1 Å². The summed E-state index contributed by atoms with van der Waals surface area (Å²) in [6, 6.07) is 10.4. The van der Waals surface area contributed by atoms with Crippen molar-refractivity contribution in [1.29, 1.82) is 0 Å². The first kappa shape index (κ1) is 13.8. The number of aromatic nitrogens is 1. The highest BCUT2D eigenvalue weighted by molar-refractivity contribution is 5.77. The van der Waals surface area contributed by atoms with Crippen LogP contribution in [0.2, 0.25) is 0 Å². The minimum atomic E-state index is -0.349. The largest absolute Gasteiger partial charge is 0.423 e. The van der Waals surface area contributed by atoms with Gasteiger partial charge >= 0.3 is 0 Å². The van der Waals surface area contributed by atoms with E-state index >= 15 is 0 Å². The molecule has 2 N–H and O–H groups in total. The minimum absolute atomic E-state index is 0.0664. The van der Waals surface area contributed by atoms with Crippen LogP contribution in [-0.2, 0) is 17.8 Å². The standard InChI is InChI=1S/C17H14FN3O2/c18-12-3-5-15-14(8-12)21-17(23-15)20-13-4-1-10-2-6-16(22)19-9-11(10)7-13/h1,3-5,7-8H,2,6,9H2,(H,19,22)(H,20,21). The number of carbonyl (C=O) groups is 1. The Kier molecular flexibility index (Phi) is 3.22. The summed E-state index contributed by atoms with van der Waals surface area (Å²) < 4.78 is 18.7. The molecule has 3 aromatic rings. The number of benzene rings is 2. The van der Waals surface area contributed by atoms with E-state index in [1.54, 1.807) is 6.07 Å². The normalized spacial score (nSPS) is 14.2. The number of carbonyl (C=O) groups excluding carboxylic acids is 1. The Labute approximate surface area is 131 Å². The van der Waals surface area contributed by atoms with Crippen molar-refractivity contribution in [2.75, 3.05) is 5.32 Å². The van der Waals surface area contributed by atoms with Crippen LogP contribution in [0, 0.1) is 5.82 Å². The lowest BCUT2D eigenvalue weighted by atomic mass is 10.0. The van der Waals surface area contributed by atoms with Crippen molar-refractivity contribution >= 4 is 28.7 Å². The van der Waals surface area contributed by atoms with Gasteiger partial charge in [0.15, 0.2) is 5.58 Å². The van der Waals surface area contributed by atoms with E-state index in [1.807, 2.05) is 18.2 Å². The summed E-state index contributed by atoms with van der Waals surface area (Å²) >= 11 is 0. The average molecular weight is 311 g/mol.